The summed E-state index contributed by atoms with van der Waals surface area (Å²) < 4.78 is 6.60. The Morgan fingerprint density at radius 2 is 2.00 bits per heavy atom. The molecule has 4 aromatic rings. The molecule has 0 unspecified atom stereocenters. The van der Waals surface area contributed by atoms with Crippen molar-refractivity contribution < 1.29 is 9.53 Å². The van der Waals surface area contributed by atoms with Crippen LogP contribution in [0.25, 0.3) is 21.3 Å². The first kappa shape index (κ1) is 21.1. The molecule has 0 saturated heterocycles. The van der Waals surface area contributed by atoms with Crippen molar-refractivity contribution in [3.8, 4) is 17.0 Å². The van der Waals surface area contributed by atoms with Crippen LogP contribution in [0.1, 0.15) is 27.7 Å². The Hall–Kier alpha value is -2.80. The van der Waals surface area contributed by atoms with Crippen molar-refractivity contribution in [1.29, 1.82) is 0 Å². The zero-order valence-electron chi connectivity index (χ0n) is 17.1. The smallest absolute Gasteiger partial charge is 0.264 e. The predicted molar refractivity (Wildman–Crippen MR) is 131 cm³/mol. The number of ether oxygens (including phenoxy) is 1. The van der Waals surface area contributed by atoms with Gasteiger partial charge in [0.15, 0.2) is 0 Å². The number of hydrogen-bond acceptors (Lipinski definition) is 5. The SMILES string of the molecule is CNc1c(C(=O)N[C@H]2CCOc3ccccc32)sc2c(-c3cccc(Cl)c3Cl)nccc12. The zero-order chi connectivity index (χ0) is 22.2. The van der Waals surface area contributed by atoms with Gasteiger partial charge in [-0.25, -0.2) is 0 Å². The molecular formula is C24H19Cl2N3O2S. The summed E-state index contributed by atoms with van der Waals surface area (Å²) in [6.07, 6.45) is 2.44. The minimum absolute atomic E-state index is 0.109. The third kappa shape index (κ3) is 3.58. The molecule has 0 aliphatic carbocycles. The lowest BCUT2D eigenvalue weighted by atomic mass is 10.0. The van der Waals surface area contributed by atoms with E-state index >= 15 is 0 Å². The molecule has 3 heterocycles. The largest absolute Gasteiger partial charge is 0.493 e. The lowest BCUT2D eigenvalue weighted by Crippen LogP contribution is -2.32. The quantitative estimate of drug-likeness (QED) is 0.344. The molecule has 2 N–H and O–H groups in total. The number of nitrogens with zero attached hydrogens (tertiary/aromatic N) is 1. The summed E-state index contributed by atoms with van der Waals surface area (Å²) in [5.41, 5.74) is 3.20. The minimum atomic E-state index is -0.139. The number of aromatic nitrogens is 1. The highest BCUT2D eigenvalue weighted by atomic mass is 35.5. The number of amides is 1. The molecule has 0 radical (unpaired) electrons. The molecule has 2 aromatic carbocycles. The van der Waals surface area contributed by atoms with E-state index in [2.05, 4.69) is 15.6 Å². The normalized spacial score (nSPS) is 15.2. The van der Waals surface area contributed by atoms with Gasteiger partial charge in [-0.3, -0.25) is 9.78 Å². The Balaban J connectivity index is 1.57. The molecule has 1 atom stereocenters. The van der Waals surface area contributed by atoms with Crippen LogP contribution in [-0.4, -0.2) is 24.5 Å². The summed E-state index contributed by atoms with van der Waals surface area (Å²) in [5, 5.41) is 8.21. The zero-order valence-corrected chi connectivity index (χ0v) is 19.4. The Morgan fingerprint density at radius 1 is 1.16 bits per heavy atom. The number of pyridine rings is 1. The topological polar surface area (TPSA) is 63.2 Å². The molecule has 0 spiro atoms. The van der Waals surface area contributed by atoms with E-state index in [4.69, 9.17) is 27.9 Å². The van der Waals surface area contributed by atoms with Gasteiger partial charge in [-0.1, -0.05) is 53.5 Å². The summed E-state index contributed by atoms with van der Waals surface area (Å²) >= 11 is 14.1. The molecule has 0 saturated carbocycles. The molecule has 32 heavy (non-hydrogen) atoms. The van der Waals surface area contributed by atoms with Crippen LogP contribution in [0.3, 0.4) is 0 Å². The lowest BCUT2D eigenvalue weighted by Gasteiger charge is -2.26. The van der Waals surface area contributed by atoms with Gasteiger partial charge in [-0.15, -0.1) is 11.3 Å². The van der Waals surface area contributed by atoms with Crippen molar-refractivity contribution in [2.45, 2.75) is 12.5 Å². The van der Waals surface area contributed by atoms with Gasteiger partial charge in [-0.05, 0) is 18.2 Å². The van der Waals surface area contributed by atoms with Crippen molar-refractivity contribution in [2.24, 2.45) is 0 Å². The van der Waals surface area contributed by atoms with Crippen LogP contribution in [0.2, 0.25) is 10.0 Å². The number of rotatable bonds is 4. The minimum Gasteiger partial charge on any atom is -0.493 e. The van der Waals surface area contributed by atoms with Crippen molar-refractivity contribution >= 4 is 56.2 Å². The van der Waals surface area contributed by atoms with E-state index in [1.807, 2.05) is 49.5 Å². The molecule has 5 nitrogen and oxygen atoms in total. The Morgan fingerprint density at radius 3 is 2.84 bits per heavy atom. The maximum absolute atomic E-state index is 13.4. The first-order valence-corrected chi connectivity index (χ1v) is 11.7. The molecule has 5 rings (SSSR count). The molecule has 8 heteroatoms. The number of halogens is 2. The van der Waals surface area contributed by atoms with Gasteiger partial charge >= 0.3 is 0 Å². The van der Waals surface area contributed by atoms with Crippen LogP contribution < -0.4 is 15.4 Å². The second-order valence-corrected chi connectivity index (χ2v) is 9.20. The molecule has 1 aliphatic rings. The van der Waals surface area contributed by atoms with E-state index in [9.17, 15) is 4.79 Å². The Bertz CT molecular complexity index is 1340. The maximum Gasteiger partial charge on any atom is 0.264 e. The molecule has 2 aromatic heterocycles. The Kier molecular flexibility index (Phi) is 5.67. The second-order valence-electron chi connectivity index (χ2n) is 7.39. The maximum atomic E-state index is 13.4. The fourth-order valence-corrected chi connectivity index (χ4v) is 5.63. The third-order valence-electron chi connectivity index (χ3n) is 5.53. The molecular weight excluding hydrogens is 465 g/mol. The highest BCUT2D eigenvalue weighted by Gasteiger charge is 2.26. The highest BCUT2D eigenvalue weighted by molar-refractivity contribution is 7.22. The van der Waals surface area contributed by atoms with Crippen LogP contribution in [0.4, 0.5) is 5.69 Å². The molecule has 0 fully saturated rings. The fourth-order valence-electron chi connectivity index (χ4n) is 4.03. The average Bonchev–Trinajstić information content (AvgIpc) is 3.20. The summed E-state index contributed by atoms with van der Waals surface area (Å²) in [6, 6.07) is 15.1. The first-order chi connectivity index (χ1) is 15.6. The van der Waals surface area contributed by atoms with Gasteiger partial charge in [0.25, 0.3) is 5.91 Å². The second kappa shape index (κ2) is 8.62. The number of para-hydroxylation sites is 1. The van der Waals surface area contributed by atoms with E-state index in [1.54, 1.807) is 12.3 Å². The molecule has 1 amide bonds. The van der Waals surface area contributed by atoms with Crippen molar-refractivity contribution in [3.63, 3.8) is 0 Å². The monoisotopic (exact) mass is 483 g/mol. The first-order valence-electron chi connectivity index (χ1n) is 10.1. The van der Waals surface area contributed by atoms with Crippen LogP contribution in [0, 0.1) is 0 Å². The summed E-state index contributed by atoms with van der Waals surface area (Å²) in [6.45, 7) is 0.564. The van der Waals surface area contributed by atoms with Gasteiger partial charge in [0, 0.05) is 36.2 Å². The predicted octanol–water partition coefficient (Wildman–Crippen LogP) is 6.57. The van der Waals surface area contributed by atoms with Gasteiger partial charge in [0.1, 0.15) is 10.6 Å². The molecule has 162 valence electrons. The van der Waals surface area contributed by atoms with E-state index in [0.717, 1.165) is 32.6 Å². The van der Waals surface area contributed by atoms with E-state index in [-0.39, 0.29) is 11.9 Å². The highest BCUT2D eigenvalue weighted by Crippen LogP contribution is 2.43. The number of nitrogens with one attached hydrogen (secondary N) is 2. The van der Waals surface area contributed by atoms with Gasteiger partial charge < -0.3 is 15.4 Å². The van der Waals surface area contributed by atoms with Crippen molar-refractivity contribution in [2.75, 3.05) is 19.0 Å². The fraction of sp³-hybridized carbons (Fsp3) is 0.167. The van der Waals surface area contributed by atoms with Gasteiger partial charge in [0.05, 0.1) is 38.8 Å². The molecule has 0 bridgehead atoms. The lowest BCUT2D eigenvalue weighted by molar-refractivity contribution is 0.0929. The summed E-state index contributed by atoms with van der Waals surface area (Å²) in [5.74, 6) is 0.678. The summed E-state index contributed by atoms with van der Waals surface area (Å²) in [7, 11) is 1.81. The standard InChI is InChI=1S/C24H19Cl2N3O2S/c1-27-20-15-9-11-28-21(14-6-4-7-16(25)19(14)26)22(15)32-23(20)24(30)29-17-10-12-31-18-8-3-2-5-13(17)18/h2-9,11,17,27H,10,12H2,1H3,(H,29,30)/t17-/m0/s1. The van der Waals surface area contributed by atoms with Gasteiger partial charge in [-0.2, -0.15) is 0 Å². The number of benzene rings is 2. The van der Waals surface area contributed by atoms with Gasteiger partial charge in [0.2, 0.25) is 0 Å². The number of anilines is 1. The average molecular weight is 484 g/mol. The third-order valence-corrected chi connectivity index (χ3v) is 7.56. The Labute approximate surface area is 199 Å². The number of carbonyl (C=O) groups excluding carboxylic acids is 1. The van der Waals surface area contributed by atoms with Crippen LogP contribution >= 0.6 is 34.5 Å². The van der Waals surface area contributed by atoms with Crippen LogP contribution in [0.5, 0.6) is 5.75 Å². The number of thiophene rings is 1. The number of fused-ring (bicyclic) bond motifs is 2. The molecule has 1 aliphatic heterocycles. The summed E-state index contributed by atoms with van der Waals surface area (Å²) in [4.78, 5) is 18.6. The number of hydrogen-bond donors (Lipinski definition) is 2. The van der Waals surface area contributed by atoms with E-state index in [0.29, 0.717) is 33.6 Å². The van der Waals surface area contributed by atoms with Crippen molar-refractivity contribution in [1.82, 2.24) is 10.3 Å². The van der Waals surface area contributed by atoms with Crippen LogP contribution in [0.15, 0.2) is 54.7 Å². The van der Waals surface area contributed by atoms with Crippen molar-refractivity contribution in [3.05, 3.63) is 75.2 Å². The van der Waals surface area contributed by atoms with Crippen LogP contribution in [-0.2, 0) is 0 Å². The van der Waals surface area contributed by atoms with E-state index in [1.165, 1.54) is 11.3 Å². The van der Waals surface area contributed by atoms with E-state index < -0.39 is 0 Å². The number of carbonyl (C=O) groups is 1.